The fraction of sp³-hybridized carbons (Fsp3) is 0.440. The Balaban J connectivity index is 1.76. The molecule has 1 N–H and O–H groups in total. The van der Waals surface area contributed by atoms with Gasteiger partial charge >= 0.3 is 0 Å². The number of nitrogens with one attached hydrogen (secondary N) is 1. The highest BCUT2D eigenvalue weighted by molar-refractivity contribution is 8.00. The molecule has 0 bridgehead atoms. The van der Waals surface area contributed by atoms with Gasteiger partial charge in [-0.05, 0) is 49.9 Å². The number of rotatable bonds is 9. The summed E-state index contributed by atoms with van der Waals surface area (Å²) in [5.41, 5.74) is 2.04. The molecule has 0 aromatic heterocycles. The van der Waals surface area contributed by atoms with Crippen LogP contribution in [0.15, 0.2) is 53.4 Å². The molecule has 1 fully saturated rings. The first-order chi connectivity index (χ1) is 15.0. The maximum atomic E-state index is 13.3. The van der Waals surface area contributed by atoms with Crippen molar-refractivity contribution in [3.8, 4) is 0 Å². The third-order valence-electron chi connectivity index (χ3n) is 5.77. The van der Waals surface area contributed by atoms with Crippen LogP contribution in [0.4, 0.5) is 0 Å². The normalized spacial score (nSPS) is 14.9. The second-order valence-corrected chi connectivity index (χ2v) is 9.58. The second kappa shape index (κ2) is 11.6. The zero-order valence-electron chi connectivity index (χ0n) is 18.3. The molecule has 2 aromatic carbocycles. The highest BCUT2D eigenvalue weighted by Crippen LogP contribution is 2.24. The molecular weight excluding hydrogens is 428 g/mol. The third-order valence-corrected chi connectivity index (χ3v) is 7.13. The molecule has 6 heteroatoms. The Bertz CT molecular complexity index is 881. The Labute approximate surface area is 194 Å². The monoisotopic (exact) mass is 458 g/mol. The van der Waals surface area contributed by atoms with Gasteiger partial charge < -0.3 is 10.2 Å². The predicted octanol–water partition coefficient (Wildman–Crippen LogP) is 5.61. The van der Waals surface area contributed by atoms with Crippen LogP contribution in [0.2, 0.25) is 5.02 Å². The number of hydrogen-bond donors (Lipinski definition) is 1. The molecule has 1 aliphatic rings. The molecule has 0 radical (unpaired) electrons. The molecule has 3 rings (SSSR count). The van der Waals surface area contributed by atoms with Crippen molar-refractivity contribution in [2.24, 2.45) is 0 Å². The van der Waals surface area contributed by atoms with Gasteiger partial charge in [-0.3, -0.25) is 9.59 Å². The van der Waals surface area contributed by atoms with Crippen LogP contribution in [0.3, 0.4) is 0 Å². The van der Waals surface area contributed by atoms with Gasteiger partial charge in [0.05, 0.1) is 5.75 Å². The highest BCUT2D eigenvalue weighted by atomic mass is 35.5. The summed E-state index contributed by atoms with van der Waals surface area (Å²) < 4.78 is 0. The molecule has 0 saturated heterocycles. The fourth-order valence-electron chi connectivity index (χ4n) is 3.96. The summed E-state index contributed by atoms with van der Waals surface area (Å²) in [6, 6.07) is 15.3. The van der Waals surface area contributed by atoms with Crippen molar-refractivity contribution in [2.45, 2.75) is 69.5 Å². The summed E-state index contributed by atoms with van der Waals surface area (Å²) in [5.74, 6) is 0.162. The van der Waals surface area contributed by atoms with Crippen LogP contribution < -0.4 is 5.32 Å². The molecule has 166 valence electrons. The molecular formula is C25H31ClN2O2S. The van der Waals surface area contributed by atoms with Crippen LogP contribution >= 0.6 is 23.4 Å². The first-order valence-corrected chi connectivity index (χ1v) is 12.4. The average Bonchev–Trinajstić information content (AvgIpc) is 3.27. The van der Waals surface area contributed by atoms with E-state index in [2.05, 4.69) is 5.32 Å². The van der Waals surface area contributed by atoms with Gasteiger partial charge in [-0.25, -0.2) is 0 Å². The maximum absolute atomic E-state index is 13.3. The molecule has 1 aliphatic carbocycles. The van der Waals surface area contributed by atoms with E-state index in [0.717, 1.165) is 36.1 Å². The Morgan fingerprint density at radius 3 is 2.45 bits per heavy atom. The van der Waals surface area contributed by atoms with Crippen LogP contribution in [0.25, 0.3) is 0 Å². The molecule has 0 unspecified atom stereocenters. The molecule has 0 heterocycles. The van der Waals surface area contributed by atoms with Crippen molar-refractivity contribution in [3.63, 3.8) is 0 Å². The molecule has 2 amide bonds. The number of carbonyl (C=O) groups is 2. The van der Waals surface area contributed by atoms with Crippen molar-refractivity contribution in [1.29, 1.82) is 0 Å². The number of aryl methyl sites for hydroxylation is 1. The summed E-state index contributed by atoms with van der Waals surface area (Å²) in [6.45, 7) is 4.32. The summed E-state index contributed by atoms with van der Waals surface area (Å²) in [4.78, 5) is 29.2. The van der Waals surface area contributed by atoms with Crippen molar-refractivity contribution in [2.75, 3.05) is 5.75 Å². The second-order valence-electron chi connectivity index (χ2n) is 8.13. The number of halogens is 1. The van der Waals surface area contributed by atoms with E-state index in [-0.39, 0.29) is 23.6 Å². The number of amides is 2. The first-order valence-electron chi connectivity index (χ1n) is 11.0. The number of thioether (sulfide) groups is 1. The zero-order valence-corrected chi connectivity index (χ0v) is 19.8. The maximum Gasteiger partial charge on any atom is 0.243 e. The van der Waals surface area contributed by atoms with Crippen LogP contribution in [-0.4, -0.2) is 34.6 Å². The van der Waals surface area contributed by atoms with Crippen molar-refractivity contribution in [1.82, 2.24) is 10.2 Å². The minimum atomic E-state index is -0.511. The fourth-order valence-corrected chi connectivity index (χ4v) is 4.94. The largest absolute Gasteiger partial charge is 0.352 e. The van der Waals surface area contributed by atoms with Crippen LogP contribution in [0.1, 0.15) is 50.2 Å². The molecule has 0 spiro atoms. The van der Waals surface area contributed by atoms with E-state index in [9.17, 15) is 9.59 Å². The van der Waals surface area contributed by atoms with Crippen LogP contribution in [0, 0.1) is 6.92 Å². The standard InChI is InChI=1S/C25H31ClN2O2S/c1-3-23(25(30)27-20-9-5-6-10-20)28(16-19-8-4-7-11-22(19)26)24(29)17-31-21-14-12-18(2)13-15-21/h4,7-8,11-15,20,23H,3,5-6,9-10,16-17H2,1-2H3,(H,27,30)/t23-/m1/s1. The number of nitrogens with zero attached hydrogens (tertiary/aromatic N) is 1. The van der Waals surface area contributed by atoms with Crippen molar-refractivity contribution < 1.29 is 9.59 Å². The van der Waals surface area contributed by atoms with E-state index >= 15 is 0 Å². The van der Waals surface area contributed by atoms with Gasteiger partial charge in [0.1, 0.15) is 6.04 Å². The Hall–Kier alpha value is -1.98. The minimum Gasteiger partial charge on any atom is -0.352 e. The lowest BCUT2D eigenvalue weighted by Crippen LogP contribution is -2.51. The molecule has 4 nitrogen and oxygen atoms in total. The predicted molar refractivity (Wildman–Crippen MR) is 128 cm³/mol. The summed E-state index contributed by atoms with van der Waals surface area (Å²) >= 11 is 7.88. The lowest BCUT2D eigenvalue weighted by atomic mass is 10.1. The topological polar surface area (TPSA) is 49.4 Å². The van der Waals surface area contributed by atoms with E-state index < -0.39 is 6.04 Å². The van der Waals surface area contributed by atoms with E-state index in [4.69, 9.17) is 11.6 Å². The smallest absolute Gasteiger partial charge is 0.243 e. The Kier molecular flexibility index (Phi) is 8.85. The van der Waals surface area contributed by atoms with E-state index in [1.54, 1.807) is 4.90 Å². The van der Waals surface area contributed by atoms with Crippen molar-refractivity contribution in [3.05, 3.63) is 64.7 Å². The number of hydrogen-bond acceptors (Lipinski definition) is 3. The van der Waals surface area contributed by atoms with Gasteiger partial charge in [0.15, 0.2) is 0 Å². The lowest BCUT2D eigenvalue weighted by Gasteiger charge is -2.31. The molecule has 1 atom stereocenters. The minimum absolute atomic E-state index is 0.0566. The highest BCUT2D eigenvalue weighted by Gasteiger charge is 2.30. The zero-order chi connectivity index (χ0) is 22.2. The van der Waals surface area contributed by atoms with Gasteiger partial charge in [-0.2, -0.15) is 0 Å². The van der Waals surface area contributed by atoms with Gasteiger partial charge in [0, 0.05) is 22.5 Å². The van der Waals surface area contributed by atoms with Gasteiger partial charge in [0.2, 0.25) is 11.8 Å². The van der Waals surface area contributed by atoms with Gasteiger partial charge in [0.25, 0.3) is 0 Å². The summed E-state index contributed by atoms with van der Waals surface area (Å²) in [6.07, 6.45) is 4.89. The van der Waals surface area contributed by atoms with E-state index in [0.29, 0.717) is 18.0 Å². The third kappa shape index (κ3) is 6.75. The summed E-state index contributed by atoms with van der Waals surface area (Å²) in [7, 11) is 0. The van der Waals surface area contributed by atoms with E-state index in [1.807, 2.05) is 62.4 Å². The van der Waals surface area contributed by atoms with Crippen molar-refractivity contribution >= 4 is 35.2 Å². The Morgan fingerprint density at radius 1 is 1.13 bits per heavy atom. The molecule has 2 aromatic rings. The molecule has 1 saturated carbocycles. The van der Waals surface area contributed by atoms with Gasteiger partial charge in [-0.15, -0.1) is 11.8 Å². The first kappa shape index (κ1) is 23.7. The Morgan fingerprint density at radius 2 is 1.81 bits per heavy atom. The number of carbonyl (C=O) groups excluding carboxylic acids is 2. The van der Waals surface area contributed by atoms with Gasteiger partial charge in [-0.1, -0.05) is 67.3 Å². The van der Waals surface area contributed by atoms with Crippen LogP contribution in [0.5, 0.6) is 0 Å². The lowest BCUT2D eigenvalue weighted by molar-refractivity contribution is -0.139. The van der Waals surface area contributed by atoms with E-state index in [1.165, 1.54) is 17.3 Å². The average molecular weight is 459 g/mol. The summed E-state index contributed by atoms with van der Waals surface area (Å²) in [5, 5.41) is 3.78. The molecule has 0 aliphatic heterocycles. The molecule has 31 heavy (non-hydrogen) atoms. The number of benzene rings is 2. The van der Waals surface area contributed by atoms with Crippen LogP contribution in [-0.2, 0) is 16.1 Å². The quantitative estimate of drug-likeness (QED) is 0.497. The SMILES string of the molecule is CC[C@H](C(=O)NC1CCCC1)N(Cc1ccccc1Cl)C(=O)CSc1ccc(C)cc1.